The Hall–Kier alpha value is -1.72. The van der Waals surface area contributed by atoms with Gasteiger partial charge in [-0.1, -0.05) is 18.2 Å². The first kappa shape index (κ1) is 10.4. The summed E-state index contributed by atoms with van der Waals surface area (Å²) in [5.41, 5.74) is 2.53. The van der Waals surface area contributed by atoms with Gasteiger partial charge in [-0.05, 0) is 19.1 Å². The minimum Gasteiger partial charge on any atom is -0.282 e. The molecule has 0 unspecified atom stereocenters. The third-order valence-corrected chi connectivity index (χ3v) is 3.85. The highest BCUT2D eigenvalue weighted by Gasteiger charge is 2.21. The van der Waals surface area contributed by atoms with Crippen LogP contribution < -0.4 is 0 Å². The van der Waals surface area contributed by atoms with Crippen molar-refractivity contribution >= 4 is 32.3 Å². The first-order chi connectivity index (χ1) is 7.98. The summed E-state index contributed by atoms with van der Waals surface area (Å²) < 4.78 is 31.8. The Bertz CT molecular complexity index is 776. The van der Waals surface area contributed by atoms with Gasteiger partial charge in [0.1, 0.15) is 4.90 Å². The molecule has 0 aliphatic carbocycles. The molecule has 86 valence electrons. The van der Waals surface area contributed by atoms with Gasteiger partial charge in [0.15, 0.2) is 0 Å². The molecule has 0 fully saturated rings. The summed E-state index contributed by atoms with van der Waals surface area (Å²) >= 11 is 0. The summed E-state index contributed by atoms with van der Waals surface area (Å²) in [5.74, 6) is 0. The molecule has 2 aromatic rings. The van der Waals surface area contributed by atoms with Crippen LogP contribution in [0.3, 0.4) is 0 Å². The lowest BCUT2D eigenvalue weighted by molar-refractivity contribution is 0.484. The highest BCUT2D eigenvalue weighted by molar-refractivity contribution is 7.86. The van der Waals surface area contributed by atoms with E-state index in [-0.39, 0.29) is 4.90 Å². The molecule has 4 nitrogen and oxygen atoms in total. The fraction of sp³-hybridized carbons (Fsp3) is 0.0833. The standard InChI is InChI=1S/C12H9NO3S/c1-7-8-3-2-4-9-11(17(14,15)16)6-5-10(13-7)12(8)9/h2-6H,1H3,(H,14,15,16). The minimum atomic E-state index is -4.20. The molecule has 0 aromatic heterocycles. The molecule has 1 heterocycles. The van der Waals surface area contributed by atoms with Crippen molar-refractivity contribution in [3.63, 3.8) is 0 Å². The molecule has 1 aliphatic heterocycles. The van der Waals surface area contributed by atoms with Crippen LogP contribution in [-0.2, 0) is 10.1 Å². The fourth-order valence-corrected chi connectivity index (χ4v) is 2.91. The number of aliphatic imine (C=N–C) groups is 1. The van der Waals surface area contributed by atoms with E-state index >= 15 is 0 Å². The van der Waals surface area contributed by atoms with E-state index in [1.54, 1.807) is 18.2 Å². The molecule has 17 heavy (non-hydrogen) atoms. The Kier molecular flexibility index (Phi) is 1.93. The van der Waals surface area contributed by atoms with Crippen molar-refractivity contribution in [1.29, 1.82) is 0 Å². The van der Waals surface area contributed by atoms with Gasteiger partial charge in [0, 0.05) is 22.0 Å². The van der Waals surface area contributed by atoms with Crippen molar-refractivity contribution in [2.24, 2.45) is 4.99 Å². The monoisotopic (exact) mass is 247 g/mol. The molecule has 0 radical (unpaired) electrons. The maximum Gasteiger partial charge on any atom is 0.295 e. The van der Waals surface area contributed by atoms with Crippen LogP contribution in [0.4, 0.5) is 5.69 Å². The molecule has 0 saturated carbocycles. The number of benzene rings is 2. The number of rotatable bonds is 1. The molecule has 0 spiro atoms. The molecule has 0 atom stereocenters. The van der Waals surface area contributed by atoms with E-state index in [9.17, 15) is 13.0 Å². The maximum atomic E-state index is 11.3. The fourth-order valence-electron chi connectivity index (χ4n) is 2.22. The summed E-state index contributed by atoms with van der Waals surface area (Å²) in [6.07, 6.45) is 0. The topological polar surface area (TPSA) is 66.7 Å². The minimum absolute atomic E-state index is 0.0667. The molecule has 5 heteroatoms. The van der Waals surface area contributed by atoms with Gasteiger partial charge in [0.25, 0.3) is 10.1 Å². The second kappa shape index (κ2) is 3.15. The SMILES string of the molecule is CC1=Nc2ccc(S(=O)(=O)O)c3cccc1c23. The van der Waals surface area contributed by atoms with Crippen LogP contribution in [0.15, 0.2) is 40.2 Å². The summed E-state index contributed by atoms with van der Waals surface area (Å²) in [6.45, 7) is 1.88. The van der Waals surface area contributed by atoms with Crippen LogP contribution in [0.1, 0.15) is 12.5 Å². The number of hydrogen-bond acceptors (Lipinski definition) is 3. The average molecular weight is 247 g/mol. The Labute approximate surface area is 98.4 Å². The van der Waals surface area contributed by atoms with Crippen LogP contribution in [0.5, 0.6) is 0 Å². The van der Waals surface area contributed by atoms with E-state index in [2.05, 4.69) is 4.99 Å². The number of hydrogen-bond donors (Lipinski definition) is 1. The molecule has 1 aliphatic rings. The summed E-state index contributed by atoms with van der Waals surface area (Å²) in [5, 5.41) is 1.31. The van der Waals surface area contributed by atoms with Crippen molar-refractivity contribution in [3.05, 3.63) is 35.9 Å². The first-order valence-electron chi connectivity index (χ1n) is 5.07. The molecular formula is C12H9NO3S. The third-order valence-electron chi connectivity index (χ3n) is 2.93. The quantitative estimate of drug-likeness (QED) is 0.787. The predicted octanol–water partition coefficient (Wildman–Crippen LogP) is 2.54. The van der Waals surface area contributed by atoms with E-state index in [4.69, 9.17) is 0 Å². The molecule has 2 aromatic carbocycles. The van der Waals surface area contributed by atoms with E-state index in [1.807, 2.05) is 13.0 Å². The molecule has 0 bridgehead atoms. The van der Waals surface area contributed by atoms with Crippen LogP contribution in [0, 0.1) is 0 Å². The molecule has 0 saturated heterocycles. The zero-order chi connectivity index (χ0) is 12.2. The summed E-state index contributed by atoms with van der Waals surface area (Å²) in [6, 6.07) is 8.34. The van der Waals surface area contributed by atoms with Gasteiger partial charge in [0.05, 0.1) is 5.69 Å². The lowest BCUT2D eigenvalue weighted by Crippen LogP contribution is -1.99. The maximum absolute atomic E-state index is 11.3. The van der Waals surface area contributed by atoms with Crippen LogP contribution in [-0.4, -0.2) is 18.7 Å². The second-order valence-electron chi connectivity index (χ2n) is 3.98. The van der Waals surface area contributed by atoms with E-state index in [0.717, 1.165) is 22.3 Å². The lowest BCUT2D eigenvalue weighted by atomic mass is 10.0. The van der Waals surface area contributed by atoms with Gasteiger partial charge < -0.3 is 0 Å². The summed E-state index contributed by atoms with van der Waals surface area (Å²) in [7, 11) is -4.20. The zero-order valence-corrected chi connectivity index (χ0v) is 9.82. The first-order valence-corrected chi connectivity index (χ1v) is 6.51. The van der Waals surface area contributed by atoms with Crippen molar-refractivity contribution in [1.82, 2.24) is 0 Å². The Morgan fingerprint density at radius 3 is 2.65 bits per heavy atom. The van der Waals surface area contributed by atoms with E-state index in [0.29, 0.717) is 5.39 Å². The highest BCUT2D eigenvalue weighted by Crippen LogP contribution is 2.38. The smallest absolute Gasteiger partial charge is 0.282 e. The average Bonchev–Trinajstić information content (AvgIpc) is 2.57. The second-order valence-corrected chi connectivity index (χ2v) is 5.37. The summed E-state index contributed by atoms with van der Waals surface area (Å²) in [4.78, 5) is 4.29. The Morgan fingerprint density at radius 2 is 1.94 bits per heavy atom. The van der Waals surface area contributed by atoms with Gasteiger partial charge in [-0.25, -0.2) is 0 Å². The van der Waals surface area contributed by atoms with Crippen LogP contribution in [0.25, 0.3) is 10.8 Å². The van der Waals surface area contributed by atoms with Gasteiger partial charge in [-0.3, -0.25) is 9.55 Å². The van der Waals surface area contributed by atoms with Gasteiger partial charge in [0.2, 0.25) is 0 Å². The number of nitrogens with zero attached hydrogens (tertiary/aromatic N) is 1. The van der Waals surface area contributed by atoms with Gasteiger partial charge >= 0.3 is 0 Å². The van der Waals surface area contributed by atoms with E-state index < -0.39 is 10.1 Å². The Balaban J connectivity index is 2.54. The predicted molar refractivity (Wildman–Crippen MR) is 65.6 cm³/mol. The van der Waals surface area contributed by atoms with Crippen molar-refractivity contribution in [3.8, 4) is 0 Å². The van der Waals surface area contributed by atoms with Gasteiger partial charge in [-0.2, -0.15) is 8.42 Å². The highest BCUT2D eigenvalue weighted by atomic mass is 32.2. The normalized spacial score (nSPS) is 14.1. The lowest BCUT2D eigenvalue weighted by Gasteiger charge is -2.05. The van der Waals surface area contributed by atoms with Crippen LogP contribution >= 0.6 is 0 Å². The van der Waals surface area contributed by atoms with Gasteiger partial charge in [-0.15, -0.1) is 0 Å². The van der Waals surface area contributed by atoms with Crippen LogP contribution in [0.2, 0.25) is 0 Å². The molecule has 0 amide bonds. The third kappa shape index (κ3) is 1.40. The Morgan fingerprint density at radius 1 is 1.18 bits per heavy atom. The molecule has 1 N–H and O–H groups in total. The largest absolute Gasteiger partial charge is 0.295 e. The van der Waals surface area contributed by atoms with Crippen molar-refractivity contribution in [2.75, 3.05) is 0 Å². The molecular weight excluding hydrogens is 238 g/mol. The van der Waals surface area contributed by atoms with Crippen molar-refractivity contribution in [2.45, 2.75) is 11.8 Å². The molecule has 3 rings (SSSR count). The van der Waals surface area contributed by atoms with Crippen molar-refractivity contribution < 1.29 is 13.0 Å². The van der Waals surface area contributed by atoms with E-state index in [1.165, 1.54) is 6.07 Å². The zero-order valence-electron chi connectivity index (χ0n) is 9.01.